The molecule has 0 aromatic carbocycles. The maximum atomic E-state index is 11.9. The van der Waals surface area contributed by atoms with Crippen LogP contribution in [0.15, 0.2) is 11.1 Å². The number of carbonyl (C=O) groups excluding carboxylic acids is 1. The zero-order valence-electron chi connectivity index (χ0n) is 11.3. The predicted octanol–water partition coefficient (Wildman–Crippen LogP) is 4.13. The van der Waals surface area contributed by atoms with Crippen molar-refractivity contribution in [2.75, 3.05) is 0 Å². The summed E-state index contributed by atoms with van der Waals surface area (Å²) >= 11 is 0. The lowest BCUT2D eigenvalue weighted by Crippen LogP contribution is -2.23. The molecule has 0 aliphatic heterocycles. The number of allylic oxidation sites excluding steroid dienone is 2. The summed E-state index contributed by atoms with van der Waals surface area (Å²) in [6.45, 7) is 11.4. The molecule has 0 saturated heterocycles. The first-order valence-electron chi connectivity index (χ1n) is 6.56. The average Bonchev–Trinajstić information content (AvgIpc) is 2.38. The molecule has 2 unspecified atom stereocenters. The van der Waals surface area contributed by atoms with E-state index in [9.17, 15) is 4.79 Å². The highest BCUT2D eigenvalue weighted by atomic mass is 16.1. The molecule has 0 heterocycles. The van der Waals surface area contributed by atoms with E-state index in [2.05, 4.69) is 34.6 Å². The van der Waals surface area contributed by atoms with Crippen LogP contribution >= 0.6 is 0 Å². The van der Waals surface area contributed by atoms with Gasteiger partial charge in [0.25, 0.3) is 0 Å². The van der Waals surface area contributed by atoms with E-state index >= 15 is 0 Å². The third-order valence-corrected chi connectivity index (χ3v) is 4.93. The molecule has 0 aromatic rings. The summed E-state index contributed by atoms with van der Waals surface area (Å²) < 4.78 is 0. The van der Waals surface area contributed by atoms with Crippen LogP contribution in [-0.2, 0) is 4.79 Å². The van der Waals surface area contributed by atoms with Crippen molar-refractivity contribution >= 4 is 5.78 Å². The van der Waals surface area contributed by atoms with E-state index in [4.69, 9.17) is 0 Å². The van der Waals surface area contributed by atoms with E-state index in [1.165, 1.54) is 18.4 Å². The Morgan fingerprint density at radius 1 is 1.25 bits per heavy atom. The summed E-state index contributed by atoms with van der Waals surface area (Å²) in [5, 5.41) is 0. The molecule has 0 radical (unpaired) electrons. The van der Waals surface area contributed by atoms with Crippen molar-refractivity contribution in [3.05, 3.63) is 11.1 Å². The molecule has 16 heavy (non-hydrogen) atoms. The van der Waals surface area contributed by atoms with Gasteiger partial charge in [0.1, 0.15) is 5.78 Å². The van der Waals surface area contributed by atoms with E-state index in [0.717, 1.165) is 12.8 Å². The average molecular weight is 220 g/mol. The Balaban J connectivity index is 2.46. The second-order valence-electron chi connectivity index (χ2n) is 6.68. The molecule has 1 nitrogen and oxygen atoms in total. The molecular weight excluding hydrogens is 196 g/mol. The lowest BCUT2D eigenvalue weighted by molar-refractivity contribution is -0.122. The standard InChI is InChI=1S/C15H24O/c1-6-15(5)9-14(3,4)11-8-13(16)10(2)7-12(11)15/h10H,6-9H2,1-5H3. The molecule has 2 aliphatic carbocycles. The summed E-state index contributed by atoms with van der Waals surface area (Å²) in [4.78, 5) is 11.9. The Hall–Kier alpha value is -0.590. The van der Waals surface area contributed by atoms with E-state index in [1.54, 1.807) is 5.57 Å². The van der Waals surface area contributed by atoms with E-state index in [1.807, 2.05) is 0 Å². The molecule has 2 rings (SSSR count). The second kappa shape index (κ2) is 3.45. The van der Waals surface area contributed by atoms with Gasteiger partial charge in [0, 0.05) is 12.3 Å². The summed E-state index contributed by atoms with van der Waals surface area (Å²) in [7, 11) is 0. The third kappa shape index (κ3) is 1.56. The molecule has 2 atom stereocenters. The van der Waals surface area contributed by atoms with Crippen LogP contribution in [0.3, 0.4) is 0 Å². The van der Waals surface area contributed by atoms with Gasteiger partial charge in [-0.05, 0) is 30.1 Å². The Bertz CT molecular complexity index is 362. The van der Waals surface area contributed by atoms with Crippen LogP contribution in [-0.4, -0.2) is 5.78 Å². The van der Waals surface area contributed by atoms with E-state index in [0.29, 0.717) is 11.2 Å². The van der Waals surface area contributed by atoms with Crippen LogP contribution in [0.25, 0.3) is 0 Å². The van der Waals surface area contributed by atoms with Crippen molar-refractivity contribution in [3.63, 3.8) is 0 Å². The SMILES string of the molecule is CCC1(C)CC(C)(C)C2=C1CC(C)C(=O)C2. The van der Waals surface area contributed by atoms with Gasteiger partial charge in [-0.3, -0.25) is 4.79 Å². The minimum atomic E-state index is 0.246. The van der Waals surface area contributed by atoms with Gasteiger partial charge in [-0.15, -0.1) is 0 Å². The number of Topliss-reactive ketones (excluding diaryl/α,β-unsaturated/α-hetero) is 1. The van der Waals surface area contributed by atoms with Crippen LogP contribution in [0.1, 0.15) is 60.3 Å². The summed E-state index contributed by atoms with van der Waals surface area (Å²) in [5.74, 6) is 0.700. The van der Waals surface area contributed by atoms with Crippen molar-refractivity contribution in [3.8, 4) is 0 Å². The minimum absolute atomic E-state index is 0.246. The van der Waals surface area contributed by atoms with E-state index < -0.39 is 0 Å². The van der Waals surface area contributed by atoms with Crippen molar-refractivity contribution in [2.45, 2.75) is 60.3 Å². The predicted molar refractivity (Wildman–Crippen MR) is 67.2 cm³/mol. The first-order chi connectivity index (χ1) is 7.30. The highest BCUT2D eigenvalue weighted by Crippen LogP contribution is 2.58. The van der Waals surface area contributed by atoms with Crippen molar-refractivity contribution in [1.82, 2.24) is 0 Å². The molecule has 2 aliphatic rings. The topological polar surface area (TPSA) is 17.1 Å². The molecule has 0 N–H and O–H groups in total. The molecule has 0 saturated carbocycles. The van der Waals surface area contributed by atoms with Crippen molar-refractivity contribution in [2.24, 2.45) is 16.7 Å². The molecule has 0 bridgehead atoms. The first kappa shape index (κ1) is 11.9. The van der Waals surface area contributed by atoms with Gasteiger partial charge in [-0.2, -0.15) is 0 Å². The molecular formula is C15H24O. The third-order valence-electron chi connectivity index (χ3n) is 4.93. The molecule has 1 heteroatoms. The number of hydrogen-bond acceptors (Lipinski definition) is 1. The molecule has 0 fully saturated rings. The number of ketones is 1. The zero-order chi connectivity index (χ0) is 12.1. The quantitative estimate of drug-likeness (QED) is 0.607. The second-order valence-corrected chi connectivity index (χ2v) is 6.68. The van der Waals surface area contributed by atoms with Crippen LogP contribution in [0.2, 0.25) is 0 Å². The maximum absolute atomic E-state index is 11.9. The monoisotopic (exact) mass is 220 g/mol. The van der Waals surface area contributed by atoms with Gasteiger partial charge < -0.3 is 0 Å². The van der Waals surface area contributed by atoms with Gasteiger partial charge in [0.05, 0.1) is 0 Å². The van der Waals surface area contributed by atoms with Crippen LogP contribution in [0.5, 0.6) is 0 Å². The van der Waals surface area contributed by atoms with Crippen LogP contribution in [0, 0.1) is 16.7 Å². The highest BCUT2D eigenvalue weighted by Gasteiger charge is 2.48. The van der Waals surface area contributed by atoms with Crippen LogP contribution < -0.4 is 0 Å². The fourth-order valence-corrected chi connectivity index (χ4v) is 3.78. The first-order valence-corrected chi connectivity index (χ1v) is 6.56. The fraction of sp³-hybridized carbons (Fsp3) is 0.800. The van der Waals surface area contributed by atoms with Crippen molar-refractivity contribution in [1.29, 1.82) is 0 Å². The van der Waals surface area contributed by atoms with E-state index in [-0.39, 0.29) is 11.3 Å². The molecule has 90 valence electrons. The fourth-order valence-electron chi connectivity index (χ4n) is 3.78. The normalized spacial score (nSPS) is 37.8. The number of hydrogen-bond donors (Lipinski definition) is 0. The Morgan fingerprint density at radius 3 is 2.44 bits per heavy atom. The zero-order valence-corrected chi connectivity index (χ0v) is 11.3. The van der Waals surface area contributed by atoms with Gasteiger partial charge in [-0.1, -0.05) is 45.8 Å². The summed E-state index contributed by atoms with van der Waals surface area (Å²) in [5.41, 5.74) is 3.69. The summed E-state index contributed by atoms with van der Waals surface area (Å²) in [6, 6.07) is 0. The minimum Gasteiger partial charge on any atom is -0.299 e. The van der Waals surface area contributed by atoms with Crippen LogP contribution in [0.4, 0.5) is 0 Å². The van der Waals surface area contributed by atoms with Gasteiger partial charge in [-0.25, -0.2) is 0 Å². The molecule has 0 amide bonds. The molecule has 0 spiro atoms. The lowest BCUT2D eigenvalue weighted by Gasteiger charge is -2.30. The van der Waals surface area contributed by atoms with Gasteiger partial charge >= 0.3 is 0 Å². The maximum Gasteiger partial charge on any atom is 0.140 e. The Morgan fingerprint density at radius 2 is 1.88 bits per heavy atom. The highest BCUT2D eigenvalue weighted by molar-refractivity contribution is 5.85. The lowest BCUT2D eigenvalue weighted by atomic mass is 9.74. The van der Waals surface area contributed by atoms with Gasteiger partial charge in [0.15, 0.2) is 0 Å². The largest absolute Gasteiger partial charge is 0.299 e. The smallest absolute Gasteiger partial charge is 0.140 e. The molecule has 0 aromatic heterocycles. The Labute approximate surface area is 99.3 Å². The summed E-state index contributed by atoms with van der Waals surface area (Å²) in [6.07, 6.45) is 4.17. The van der Waals surface area contributed by atoms with Crippen molar-refractivity contribution < 1.29 is 4.79 Å². The Kier molecular flexibility index (Phi) is 2.56. The number of rotatable bonds is 1. The van der Waals surface area contributed by atoms with Gasteiger partial charge in [0.2, 0.25) is 0 Å². The number of carbonyl (C=O) groups is 1.